The summed E-state index contributed by atoms with van der Waals surface area (Å²) >= 11 is 0. The lowest BCUT2D eigenvalue weighted by Crippen LogP contribution is -2.37. The Bertz CT molecular complexity index is 765. The van der Waals surface area contributed by atoms with Gasteiger partial charge in [0, 0.05) is 6.07 Å². The van der Waals surface area contributed by atoms with Crippen molar-refractivity contribution in [1.82, 2.24) is 0 Å². The Morgan fingerprint density at radius 3 is 2.27 bits per heavy atom. The number of methoxy groups -OCH3 is 2. The molecule has 6 heteroatoms. The molecule has 0 spiro atoms. The fraction of sp³-hybridized carbons (Fsp3) is 0.500. The second-order valence-electron chi connectivity index (χ2n) is 7.19. The van der Waals surface area contributed by atoms with Crippen LogP contribution < -0.4 is 14.8 Å². The zero-order chi connectivity index (χ0) is 19.0. The van der Waals surface area contributed by atoms with Crippen molar-refractivity contribution < 1.29 is 24.2 Å². The maximum Gasteiger partial charge on any atom is 0.307 e. The number of hydrogen-bond acceptors (Lipinski definition) is 4. The van der Waals surface area contributed by atoms with E-state index in [0.29, 0.717) is 17.2 Å². The second-order valence-corrected chi connectivity index (χ2v) is 7.19. The zero-order valence-corrected chi connectivity index (χ0v) is 15.5. The van der Waals surface area contributed by atoms with Crippen molar-refractivity contribution in [3.8, 4) is 11.5 Å². The van der Waals surface area contributed by atoms with E-state index in [1.165, 1.54) is 7.11 Å². The topological polar surface area (TPSA) is 84.9 Å². The molecule has 2 saturated carbocycles. The number of amides is 1. The molecule has 0 unspecified atom stereocenters. The first-order valence-electron chi connectivity index (χ1n) is 8.82. The summed E-state index contributed by atoms with van der Waals surface area (Å²) < 4.78 is 10.5. The molecule has 2 bridgehead atoms. The van der Waals surface area contributed by atoms with Crippen molar-refractivity contribution in [3.63, 3.8) is 0 Å². The molecule has 4 atom stereocenters. The van der Waals surface area contributed by atoms with Crippen LogP contribution in [0.5, 0.6) is 11.5 Å². The number of ether oxygens (including phenoxy) is 2. The summed E-state index contributed by atoms with van der Waals surface area (Å²) in [6.45, 7) is 4.01. The highest BCUT2D eigenvalue weighted by Crippen LogP contribution is 2.57. The molecule has 0 aliphatic heterocycles. The number of carboxylic acid groups (broad SMARTS) is 1. The van der Waals surface area contributed by atoms with E-state index in [1.54, 1.807) is 25.3 Å². The molecule has 3 rings (SSSR count). The third-order valence-corrected chi connectivity index (χ3v) is 5.67. The summed E-state index contributed by atoms with van der Waals surface area (Å²) in [6.07, 6.45) is 1.71. The number of benzene rings is 1. The largest absolute Gasteiger partial charge is 0.497 e. The highest BCUT2D eigenvalue weighted by atomic mass is 16.5. The van der Waals surface area contributed by atoms with Crippen LogP contribution in [0.1, 0.15) is 26.7 Å². The van der Waals surface area contributed by atoms with Gasteiger partial charge in [-0.1, -0.05) is 11.1 Å². The Morgan fingerprint density at radius 2 is 1.73 bits per heavy atom. The molecule has 1 aromatic rings. The second kappa shape index (κ2) is 7.02. The average Bonchev–Trinajstić information content (AvgIpc) is 3.17. The summed E-state index contributed by atoms with van der Waals surface area (Å²) in [5.74, 6) is -1.33. The number of allylic oxidation sites excluding steroid dienone is 2. The molecular weight excluding hydrogens is 334 g/mol. The van der Waals surface area contributed by atoms with Gasteiger partial charge in [0.25, 0.3) is 0 Å². The number of carbonyl (C=O) groups is 2. The predicted molar refractivity (Wildman–Crippen MR) is 97.4 cm³/mol. The first kappa shape index (κ1) is 18.3. The van der Waals surface area contributed by atoms with E-state index in [4.69, 9.17) is 9.47 Å². The molecule has 2 aliphatic rings. The Morgan fingerprint density at radius 1 is 1.08 bits per heavy atom. The van der Waals surface area contributed by atoms with Crippen LogP contribution in [0.2, 0.25) is 0 Å². The Balaban J connectivity index is 1.92. The third kappa shape index (κ3) is 2.93. The minimum absolute atomic E-state index is 0.00250. The molecule has 26 heavy (non-hydrogen) atoms. The molecule has 0 heterocycles. The van der Waals surface area contributed by atoms with E-state index in [2.05, 4.69) is 5.32 Å². The minimum Gasteiger partial charge on any atom is -0.497 e. The van der Waals surface area contributed by atoms with Crippen molar-refractivity contribution in [2.75, 3.05) is 19.5 Å². The number of aliphatic carboxylic acids is 1. The molecule has 1 amide bonds. The summed E-state index contributed by atoms with van der Waals surface area (Å²) in [7, 11) is 3.07. The van der Waals surface area contributed by atoms with Gasteiger partial charge in [-0.2, -0.15) is 0 Å². The van der Waals surface area contributed by atoms with Crippen LogP contribution in [0.4, 0.5) is 5.69 Å². The summed E-state index contributed by atoms with van der Waals surface area (Å²) in [4.78, 5) is 25.0. The molecule has 2 fully saturated rings. The number of rotatable bonds is 5. The van der Waals surface area contributed by atoms with Gasteiger partial charge in [0.1, 0.15) is 11.5 Å². The Labute approximate surface area is 153 Å². The van der Waals surface area contributed by atoms with Crippen molar-refractivity contribution in [3.05, 3.63) is 29.3 Å². The van der Waals surface area contributed by atoms with Crippen LogP contribution in [0.3, 0.4) is 0 Å². The van der Waals surface area contributed by atoms with Crippen LogP contribution in [0.15, 0.2) is 29.3 Å². The monoisotopic (exact) mass is 359 g/mol. The van der Waals surface area contributed by atoms with Gasteiger partial charge in [-0.25, -0.2) is 0 Å². The van der Waals surface area contributed by atoms with Crippen molar-refractivity contribution in [2.45, 2.75) is 26.7 Å². The lowest BCUT2D eigenvalue weighted by atomic mass is 9.78. The van der Waals surface area contributed by atoms with Crippen LogP contribution in [-0.4, -0.2) is 31.2 Å². The number of carboxylic acids is 1. The van der Waals surface area contributed by atoms with E-state index in [-0.39, 0.29) is 17.7 Å². The lowest BCUT2D eigenvalue weighted by molar-refractivity contribution is -0.148. The van der Waals surface area contributed by atoms with E-state index in [0.717, 1.165) is 24.0 Å². The molecular formula is C20H25NO5. The van der Waals surface area contributed by atoms with Gasteiger partial charge in [0.05, 0.1) is 31.7 Å². The van der Waals surface area contributed by atoms with E-state index in [9.17, 15) is 14.7 Å². The molecule has 1 aromatic carbocycles. The van der Waals surface area contributed by atoms with Crippen LogP contribution in [-0.2, 0) is 9.59 Å². The maximum absolute atomic E-state index is 13.1. The van der Waals surface area contributed by atoms with E-state index in [1.807, 2.05) is 13.8 Å². The van der Waals surface area contributed by atoms with E-state index >= 15 is 0 Å². The number of carbonyl (C=O) groups excluding carboxylic acids is 1. The van der Waals surface area contributed by atoms with Crippen molar-refractivity contribution in [1.29, 1.82) is 0 Å². The molecule has 0 aromatic heterocycles. The fourth-order valence-corrected chi connectivity index (χ4v) is 4.73. The standard InChI is InChI=1S/C20H25NO5/c1-10(2)16-12-6-7-13(16)18(20(23)24)17(12)19(22)21-14-9-11(25-3)5-8-15(14)26-4/h5,8-9,12-13,17-18H,6-7H2,1-4H3,(H,21,22)(H,23,24)/t12-,13-,17-,18-/m0/s1. The van der Waals surface area contributed by atoms with E-state index < -0.39 is 17.8 Å². The van der Waals surface area contributed by atoms with Gasteiger partial charge in [-0.3, -0.25) is 9.59 Å². The first-order valence-corrected chi connectivity index (χ1v) is 8.82. The first-order chi connectivity index (χ1) is 12.4. The third-order valence-electron chi connectivity index (χ3n) is 5.67. The Hall–Kier alpha value is -2.50. The summed E-state index contributed by atoms with van der Waals surface area (Å²) in [5, 5.41) is 12.6. The molecule has 2 N–H and O–H groups in total. The number of fused-ring (bicyclic) bond motifs is 2. The van der Waals surface area contributed by atoms with Crippen molar-refractivity contribution in [2.24, 2.45) is 23.7 Å². The summed E-state index contributed by atoms with van der Waals surface area (Å²) in [6, 6.07) is 5.14. The summed E-state index contributed by atoms with van der Waals surface area (Å²) in [5.41, 5.74) is 2.79. The highest BCUT2D eigenvalue weighted by Gasteiger charge is 2.57. The van der Waals surface area contributed by atoms with Crippen molar-refractivity contribution >= 4 is 17.6 Å². The van der Waals surface area contributed by atoms with Crippen LogP contribution in [0, 0.1) is 23.7 Å². The van der Waals surface area contributed by atoms with Gasteiger partial charge >= 0.3 is 5.97 Å². The van der Waals surface area contributed by atoms with Crippen LogP contribution >= 0.6 is 0 Å². The van der Waals surface area contributed by atoms with Crippen LogP contribution in [0.25, 0.3) is 0 Å². The minimum atomic E-state index is -0.895. The average molecular weight is 359 g/mol. The lowest BCUT2D eigenvalue weighted by Gasteiger charge is -2.26. The number of anilines is 1. The quantitative estimate of drug-likeness (QED) is 0.788. The normalized spacial score (nSPS) is 26.5. The smallest absolute Gasteiger partial charge is 0.307 e. The van der Waals surface area contributed by atoms with Gasteiger partial charge in [0.2, 0.25) is 5.91 Å². The molecule has 0 saturated heterocycles. The van der Waals surface area contributed by atoms with Gasteiger partial charge in [-0.05, 0) is 50.7 Å². The highest BCUT2D eigenvalue weighted by molar-refractivity contribution is 5.98. The SMILES string of the molecule is COc1ccc(OC)c(NC(=O)[C@@H]2[C@@H](C(=O)O)[C@H]3CC[C@H]2C3=C(C)C)c1. The molecule has 2 aliphatic carbocycles. The van der Waals surface area contributed by atoms with Gasteiger partial charge < -0.3 is 19.9 Å². The molecule has 140 valence electrons. The zero-order valence-electron chi connectivity index (χ0n) is 15.5. The number of hydrogen-bond donors (Lipinski definition) is 2. The Kier molecular flexibility index (Phi) is 4.94. The van der Waals surface area contributed by atoms with Gasteiger partial charge in [0.15, 0.2) is 0 Å². The maximum atomic E-state index is 13.1. The molecule has 6 nitrogen and oxygen atoms in total. The molecule has 0 radical (unpaired) electrons. The van der Waals surface area contributed by atoms with Gasteiger partial charge in [-0.15, -0.1) is 0 Å². The fourth-order valence-electron chi connectivity index (χ4n) is 4.73. The number of nitrogens with one attached hydrogen (secondary N) is 1. The predicted octanol–water partition coefficient (Wildman–Crippen LogP) is 3.34.